The summed E-state index contributed by atoms with van der Waals surface area (Å²) in [6, 6.07) is 5.28. The van der Waals surface area contributed by atoms with Gasteiger partial charge >= 0.3 is 0 Å². The minimum atomic E-state index is -3.46. The molecular formula is C11H15BrN2O3S. The van der Waals surface area contributed by atoms with Crippen molar-refractivity contribution in [2.75, 3.05) is 12.3 Å². The Morgan fingerprint density at radius 1 is 1.44 bits per heavy atom. The molecule has 7 heteroatoms. The van der Waals surface area contributed by atoms with E-state index in [9.17, 15) is 13.2 Å². The SMILES string of the molecule is Cc1ccc(C(=O)NCCCS(N)(=O)=O)cc1Br. The number of benzene rings is 1. The monoisotopic (exact) mass is 334 g/mol. The molecule has 1 amide bonds. The maximum Gasteiger partial charge on any atom is 0.251 e. The standard InChI is InChI=1S/C11H15BrN2O3S/c1-8-3-4-9(7-10(8)12)11(15)14-5-2-6-18(13,16)17/h3-4,7H,2,5-6H2,1H3,(H,14,15)(H2,13,16,17). The van der Waals surface area contributed by atoms with Gasteiger partial charge in [-0.25, -0.2) is 13.6 Å². The van der Waals surface area contributed by atoms with Crippen LogP contribution >= 0.6 is 15.9 Å². The summed E-state index contributed by atoms with van der Waals surface area (Å²) in [6.07, 6.45) is 0.303. The molecule has 0 saturated heterocycles. The van der Waals surface area contributed by atoms with Crippen LogP contribution in [0.4, 0.5) is 0 Å². The molecule has 0 bridgehead atoms. The number of hydrogen-bond donors (Lipinski definition) is 2. The van der Waals surface area contributed by atoms with E-state index in [4.69, 9.17) is 5.14 Å². The van der Waals surface area contributed by atoms with Crippen molar-refractivity contribution in [3.8, 4) is 0 Å². The third-order valence-electron chi connectivity index (χ3n) is 2.33. The maximum atomic E-state index is 11.7. The smallest absolute Gasteiger partial charge is 0.251 e. The Bertz CT molecular complexity index is 543. The van der Waals surface area contributed by atoms with Crippen LogP contribution in [0.2, 0.25) is 0 Å². The Balaban J connectivity index is 2.48. The van der Waals surface area contributed by atoms with Gasteiger partial charge in [0.1, 0.15) is 0 Å². The van der Waals surface area contributed by atoms with Crippen molar-refractivity contribution in [1.82, 2.24) is 5.32 Å². The summed E-state index contributed by atoms with van der Waals surface area (Å²) < 4.78 is 22.2. The number of carbonyl (C=O) groups is 1. The van der Waals surface area contributed by atoms with Gasteiger partial charge in [-0.15, -0.1) is 0 Å². The Hall–Kier alpha value is -0.920. The van der Waals surface area contributed by atoms with Gasteiger partial charge in [-0.1, -0.05) is 22.0 Å². The van der Waals surface area contributed by atoms with E-state index in [1.165, 1.54) is 0 Å². The van der Waals surface area contributed by atoms with Gasteiger partial charge in [-0.05, 0) is 31.0 Å². The van der Waals surface area contributed by atoms with Crippen LogP contribution in [0.25, 0.3) is 0 Å². The van der Waals surface area contributed by atoms with Gasteiger partial charge in [0.25, 0.3) is 5.91 Å². The number of primary sulfonamides is 1. The Morgan fingerprint density at radius 2 is 2.11 bits per heavy atom. The first kappa shape index (κ1) is 15.1. The number of rotatable bonds is 5. The van der Waals surface area contributed by atoms with Crippen LogP contribution in [-0.4, -0.2) is 26.6 Å². The number of amides is 1. The number of halogens is 1. The Labute approximate surface area is 115 Å². The fourth-order valence-corrected chi connectivity index (χ4v) is 2.24. The first-order valence-electron chi connectivity index (χ1n) is 5.34. The Kier molecular flexibility index (Phi) is 5.30. The van der Waals surface area contributed by atoms with E-state index < -0.39 is 10.0 Å². The second kappa shape index (κ2) is 6.31. The number of hydrogen-bond acceptors (Lipinski definition) is 3. The summed E-state index contributed by atoms with van der Waals surface area (Å²) in [7, 11) is -3.46. The fourth-order valence-electron chi connectivity index (χ4n) is 1.31. The lowest BCUT2D eigenvalue weighted by molar-refractivity contribution is 0.0953. The lowest BCUT2D eigenvalue weighted by atomic mass is 10.1. The molecule has 0 aromatic heterocycles. The van der Waals surface area contributed by atoms with Crippen molar-refractivity contribution in [1.29, 1.82) is 0 Å². The molecule has 0 heterocycles. The van der Waals surface area contributed by atoms with Gasteiger partial charge in [-0.3, -0.25) is 4.79 Å². The third kappa shape index (κ3) is 5.16. The predicted molar refractivity (Wildman–Crippen MR) is 73.8 cm³/mol. The molecule has 5 nitrogen and oxygen atoms in total. The molecule has 0 saturated carbocycles. The predicted octanol–water partition coefficient (Wildman–Crippen LogP) is 1.17. The summed E-state index contributed by atoms with van der Waals surface area (Å²) >= 11 is 3.35. The van der Waals surface area contributed by atoms with Crippen molar-refractivity contribution in [3.63, 3.8) is 0 Å². The molecule has 0 atom stereocenters. The van der Waals surface area contributed by atoms with Crippen molar-refractivity contribution < 1.29 is 13.2 Å². The lowest BCUT2D eigenvalue weighted by Gasteiger charge is -2.06. The maximum absolute atomic E-state index is 11.7. The zero-order chi connectivity index (χ0) is 13.8. The van der Waals surface area contributed by atoms with E-state index in [2.05, 4.69) is 21.2 Å². The highest BCUT2D eigenvalue weighted by Gasteiger charge is 2.07. The Morgan fingerprint density at radius 3 is 2.67 bits per heavy atom. The van der Waals surface area contributed by atoms with Crippen molar-refractivity contribution in [2.24, 2.45) is 5.14 Å². The highest BCUT2D eigenvalue weighted by atomic mass is 79.9. The van der Waals surface area contributed by atoms with E-state index in [0.717, 1.165) is 10.0 Å². The lowest BCUT2D eigenvalue weighted by Crippen LogP contribution is -2.27. The topological polar surface area (TPSA) is 89.3 Å². The van der Waals surface area contributed by atoms with Crippen LogP contribution in [0.15, 0.2) is 22.7 Å². The van der Waals surface area contributed by atoms with E-state index in [1.54, 1.807) is 12.1 Å². The third-order valence-corrected chi connectivity index (χ3v) is 4.04. The average molecular weight is 335 g/mol. The average Bonchev–Trinajstić information content (AvgIpc) is 2.26. The molecule has 3 N–H and O–H groups in total. The number of aryl methyl sites for hydroxylation is 1. The number of sulfonamides is 1. The minimum absolute atomic E-state index is 0.134. The van der Waals surface area contributed by atoms with E-state index in [1.807, 2.05) is 13.0 Å². The van der Waals surface area contributed by atoms with Crippen LogP contribution in [0.3, 0.4) is 0 Å². The first-order chi connectivity index (χ1) is 8.29. The van der Waals surface area contributed by atoms with Crippen molar-refractivity contribution in [2.45, 2.75) is 13.3 Å². The van der Waals surface area contributed by atoms with Gasteiger partial charge in [0.2, 0.25) is 10.0 Å². The van der Waals surface area contributed by atoms with Crippen molar-refractivity contribution in [3.05, 3.63) is 33.8 Å². The minimum Gasteiger partial charge on any atom is -0.352 e. The van der Waals surface area contributed by atoms with Crippen molar-refractivity contribution >= 4 is 31.9 Å². The molecule has 1 aromatic carbocycles. The van der Waals surface area contributed by atoms with Gasteiger partial charge in [0.05, 0.1) is 5.75 Å². The van der Waals surface area contributed by atoms with Crippen LogP contribution < -0.4 is 10.5 Å². The van der Waals surface area contributed by atoms with Crippen LogP contribution in [0.1, 0.15) is 22.3 Å². The van der Waals surface area contributed by atoms with Gasteiger partial charge in [0.15, 0.2) is 0 Å². The molecule has 100 valence electrons. The molecule has 0 aliphatic rings. The molecule has 0 aliphatic heterocycles. The zero-order valence-corrected chi connectivity index (χ0v) is 12.3. The molecule has 0 radical (unpaired) electrons. The molecule has 0 aliphatic carbocycles. The first-order valence-corrected chi connectivity index (χ1v) is 7.85. The summed E-state index contributed by atoms with van der Waals surface area (Å²) in [5.74, 6) is -0.365. The number of nitrogens with one attached hydrogen (secondary N) is 1. The quantitative estimate of drug-likeness (QED) is 0.792. The normalized spacial score (nSPS) is 11.3. The molecule has 0 unspecified atom stereocenters. The van der Waals surface area contributed by atoms with E-state index in [0.29, 0.717) is 12.0 Å². The molecule has 18 heavy (non-hydrogen) atoms. The van der Waals surface area contributed by atoms with Gasteiger partial charge < -0.3 is 5.32 Å². The fraction of sp³-hybridized carbons (Fsp3) is 0.364. The summed E-state index contributed by atoms with van der Waals surface area (Å²) in [5.41, 5.74) is 1.57. The molecule has 1 rings (SSSR count). The second-order valence-corrected chi connectivity index (χ2v) is 6.53. The van der Waals surface area contributed by atoms with Crippen LogP contribution in [0, 0.1) is 6.92 Å². The molecule has 1 aromatic rings. The van der Waals surface area contributed by atoms with E-state index >= 15 is 0 Å². The molecule has 0 spiro atoms. The van der Waals surface area contributed by atoms with Gasteiger partial charge in [0, 0.05) is 16.6 Å². The van der Waals surface area contributed by atoms with Gasteiger partial charge in [-0.2, -0.15) is 0 Å². The highest BCUT2D eigenvalue weighted by Crippen LogP contribution is 2.17. The van der Waals surface area contributed by atoms with Crippen LogP contribution in [-0.2, 0) is 10.0 Å². The zero-order valence-electron chi connectivity index (χ0n) is 9.94. The summed E-state index contributed by atoms with van der Waals surface area (Å²) in [4.78, 5) is 11.7. The summed E-state index contributed by atoms with van der Waals surface area (Å²) in [6.45, 7) is 2.21. The number of carbonyl (C=O) groups excluding carboxylic acids is 1. The second-order valence-electron chi connectivity index (χ2n) is 3.94. The highest BCUT2D eigenvalue weighted by molar-refractivity contribution is 9.10. The van der Waals surface area contributed by atoms with Crippen LogP contribution in [0.5, 0.6) is 0 Å². The number of nitrogens with two attached hydrogens (primary N) is 1. The summed E-state index contributed by atoms with van der Waals surface area (Å²) in [5, 5.41) is 7.49. The molecular weight excluding hydrogens is 320 g/mol. The van der Waals surface area contributed by atoms with E-state index in [-0.39, 0.29) is 18.2 Å². The largest absolute Gasteiger partial charge is 0.352 e. The molecule has 0 fully saturated rings.